The number of carbonyl (C=O) groups is 1. The van der Waals surface area contributed by atoms with Crippen LogP contribution in [-0.4, -0.2) is 46.0 Å². The standard InChI is InChI=1S/C17H24IN3O4/c1-5-24-15(22)14-12(8-19)13(18)10-21(14)11-6-7-20(9-11)16(23)25-17(2,3)4/h10-11,15,22H,5-7,9H2,1-4H3/t11-,15?/m0/s1. The van der Waals surface area contributed by atoms with Crippen LogP contribution in [0.2, 0.25) is 0 Å². The highest BCUT2D eigenvalue weighted by Crippen LogP contribution is 2.32. The molecule has 1 fully saturated rings. The van der Waals surface area contributed by atoms with Crippen molar-refractivity contribution in [3.05, 3.63) is 21.0 Å². The molecule has 0 aromatic carbocycles. The minimum Gasteiger partial charge on any atom is -0.444 e. The van der Waals surface area contributed by atoms with Gasteiger partial charge in [-0.15, -0.1) is 0 Å². The third-order valence-electron chi connectivity index (χ3n) is 3.90. The topological polar surface area (TPSA) is 87.7 Å². The Bertz CT molecular complexity index is 675. The molecule has 2 atom stereocenters. The van der Waals surface area contributed by atoms with Gasteiger partial charge in [0.25, 0.3) is 0 Å². The minimum atomic E-state index is -1.17. The molecule has 0 aliphatic carbocycles. The summed E-state index contributed by atoms with van der Waals surface area (Å²) in [5.41, 5.74) is 0.324. The Kier molecular flexibility index (Phi) is 6.35. The van der Waals surface area contributed by atoms with Crippen molar-refractivity contribution < 1.29 is 19.4 Å². The first-order valence-corrected chi connectivity index (χ1v) is 9.33. The van der Waals surface area contributed by atoms with Gasteiger partial charge in [0.1, 0.15) is 11.7 Å². The van der Waals surface area contributed by atoms with E-state index in [1.165, 1.54) is 0 Å². The third-order valence-corrected chi connectivity index (χ3v) is 4.72. The van der Waals surface area contributed by atoms with Crippen molar-refractivity contribution in [1.29, 1.82) is 5.26 Å². The second kappa shape index (κ2) is 7.93. The average Bonchev–Trinajstić information content (AvgIpc) is 3.09. The maximum Gasteiger partial charge on any atom is 0.410 e. The Morgan fingerprint density at radius 3 is 2.80 bits per heavy atom. The van der Waals surface area contributed by atoms with Crippen LogP contribution in [-0.2, 0) is 9.47 Å². The van der Waals surface area contributed by atoms with Gasteiger partial charge in [-0.2, -0.15) is 5.26 Å². The Morgan fingerprint density at radius 2 is 2.24 bits per heavy atom. The molecule has 0 spiro atoms. The van der Waals surface area contributed by atoms with Crippen molar-refractivity contribution in [2.24, 2.45) is 0 Å². The summed E-state index contributed by atoms with van der Waals surface area (Å²) >= 11 is 2.08. The van der Waals surface area contributed by atoms with Crippen molar-refractivity contribution in [2.75, 3.05) is 19.7 Å². The fraction of sp³-hybridized carbons (Fsp3) is 0.647. The summed E-state index contributed by atoms with van der Waals surface area (Å²) in [6.45, 7) is 8.67. The summed E-state index contributed by atoms with van der Waals surface area (Å²) < 4.78 is 13.3. The van der Waals surface area contributed by atoms with Gasteiger partial charge in [0, 0.05) is 29.5 Å². The van der Waals surface area contributed by atoms with Crippen LogP contribution in [0.3, 0.4) is 0 Å². The molecule has 1 unspecified atom stereocenters. The Labute approximate surface area is 161 Å². The van der Waals surface area contributed by atoms with Crippen molar-refractivity contribution in [3.8, 4) is 6.07 Å². The molecule has 2 rings (SSSR count). The number of halogens is 1. The number of amides is 1. The second-order valence-corrected chi connectivity index (χ2v) is 8.10. The number of aliphatic hydroxyl groups excluding tert-OH is 1. The number of nitriles is 1. The number of likely N-dealkylation sites (tertiary alicyclic amines) is 1. The van der Waals surface area contributed by atoms with Crippen LogP contribution >= 0.6 is 22.6 Å². The van der Waals surface area contributed by atoms with E-state index in [0.717, 1.165) is 9.99 Å². The Morgan fingerprint density at radius 1 is 1.56 bits per heavy atom. The molecule has 7 nitrogen and oxygen atoms in total. The van der Waals surface area contributed by atoms with Gasteiger partial charge in [0.15, 0.2) is 6.29 Å². The van der Waals surface area contributed by atoms with Crippen LogP contribution in [0.5, 0.6) is 0 Å². The summed E-state index contributed by atoms with van der Waals surface area (Å²) in [5.74, 6) is 0. The summed E-state index contributed by atoms with van der Waals surface area (Å²) in [6, 6.07) is 2.10. The first-order valence-electron chi connectivity index (χ1n) is 8.25. The van der Waals surface area contributed by atoms with E-state index in [1.807, 2.05) is 31.5 Å². The maximum atomic E-state index is 12.3. The van der Waals surface area contributed by atoms with Crippen molar-refractivity contribution >= 4 is 28.7 Å². The van der Waals surface area contributed by atoms with Crippen LogP contribution in [0, 0.1) is 14.9 Å². The van der Waals surface area contributed by atoms with E-state index in [2.05, 4.69) is 28.7 Å². The van der Waals surface area contributed by atoms with Crippen LogP contribution in [0.15, 0.2) is 6.20 Å². The number of nitrogens with zero attached hydrogens (tertiary/aromatic N) is 3. The fourth-order valence-corrected chi connectivity index (χ4v) is 3.57. The first-order chi connectivity index (χ1) is 11.7. The fourth-order valence-electron chi connectivity index (χ4n) is 2.87. The average molecular weight is 461 g/mol. The molecule has 1 aliphatic rings. The molecular weight excluding hydrogens is 437 g/mol. The van der Waals surface area contributed by atoms with E-state index < -0.39 is 11.9 Å². The first kappa shape index (κ1) is 20.0. The zero-order valence-corrected chi connectivity index (χ0v) is 17.1. The lowest BCUT2D eigenvalue weighted by Crippen LogP contribution is -2.35. The van der Waals surface area contributed by atoms with Gasteiger partial charge in [0.05, 0.1) is 17.3 Å². The summed E-state index contributed by atoms with van der Waals surface area (Å²) in [6.07, 6.45) is 1.05. The quantitative estimate of drug-likeness (QED) is 0.550. The molecule has 0 saturated carbocycles. The van der Waals surface area contributed by atoms with Crippen LogP contribution in [0.25, 0.3) is 0 Å². The summed E-state index contributed by atoms with van der Waals surface area (Å²) in [5, 5.41) is 19.7. The van der Waals surface area contributed by atoms with Gasteiger partial charge in [0.2, 0.25) is 0 Å². The van der Waals surface area contributed by atoms with Crippen LogP contribution < -0.4 is 0 Å². The lowest BCUT2D eigenvalue weighted by atomic mass is 10.2. The molecule has 2 heterocycles. The minimum absolute atomic E-state index is 0.0340. The zero-order valence-electron chi connectivity index (χ0n) is 15.0. The molecule has 1 aromatic heterocycles. The third kappa shape index (κ3) is 4.65. The highest BCUT2D eigenvalue weighted by Gasteiger charge is 2.33. The monoisotopic (exact) mass is 461 g/mol. The van der Waals surface area contributed by atoms with Gasteiger partial charge in [-0.25, -0.2) is 4.79 Å². The summed E-state index contributed by atoms with van der Waals surface area (Å²) in [7, 11) is 0. The van der Waals surface area contributed by atoms with Gasteiger partial charge >= 0.3 is 6.09 Å². The molecule has 1 N–H and O–H groups in total. The number of rotatable bonds is 4. The number of ether oxygens (including phenoxy) is 2. The number of aliphatic hydroxyl groups is 1. The Balaban J connectivity index is 2.23. The highest BCUT2D eigenvalue weighted by molar-refractivity contribution is 14.1. The van der Waals surface area contributed by atoms with Gasteiger partial charge < -0.3 is 24.0 Å². The van der Waals surface area contributed by atoms with E-state index in [9.17, 15) is 15.2 Å². The summed E-state index contributed by atoms with van der Waals surface area (Å²) in [4.78, 5) is 13.9. The second-order valence-electron chi connectivity index (χ2n) is 6.93. The van der Waals surface area contributed by atoms with Crippen LogP contribution in [0.1, 0.15) is 57.7 Å². The van der Waals surface area contributed by atoms with Crippen molar-refractivity contribution in [2.45, 2.75) is 52.0 Å². The highest BCUT2D eigenvalue weighted by atomic mass is 127. The van der Waals surface area contributed by atoms with Gasteiger partial charge in [-0.1, -0.05) is 0 Å². The number of hydrogen-bond acceptors (Lipinski definition) is 5. The molecule has 0 bridgehead atoms. The molecule has 1 amide bonds. The SMILES string of the molecule is CCOC(O)c1c(C#N)c(I)cn1[C@H]1CCN(C(=O)OC(C)(C)C)C1. The van der Waals surface area contributed by atoms with Gasteiger partial charge in [-0.05, 0) is 56.7 Å². The number of carbonyl (C=O) groups excluding carboxylic acids is 1. The van der Waals surface area contributed by atoms with E-state index in [1.54, 1.807) is 11.8 Å². The smallest absolute Gasteiger partial charge is 0.410 e. The lowest BCUT2D eigenvalue weighted by Gasteiger charge is -2.25. The van der Waals surface area contributed by atoms with Crippen molar-refractivity contribution in [1.82, 2.24) is 9.47 Å². The number of hydrogen-bond donors (Lipinski definition) is 1. The molecule has 25 heavy (non-hydrogen) atoms. The maximum absolute atomic E-state index is 12.3. The van der Waals surface area contributed by atoms with Crippen LogP contribution in [0.4, 0.5) is 4.79 Å². The molecule has 138 valence electrons. The predicted octanol–water partition coefficient (Wildman–Crippen LogP) is 3.17. The normalized spacial score (nSPS) is 18.9. The largest absolute Gasteiger partial charge is 0.444 e. The van der Waals surface area contributed by atoms with E-state index in [0.29, 0.717) is 31.0 Å². The molecule has 8 heteroatoms. The number of aromatic nitrogens is 1. The van der Waals surface area contributed by atoms with E-state index in [-0.39, 0.29) is 12.1 Å². The molecule has 1 saturated heterocycles. The van der Waals surface area contributed by atoms with Crippen molar-refractivity contribution in [3.63, 3.8) is 0 Å². The Hall–Kier alpha value is -1.31. The predicted molar refractivity (Wildman–Crippen MR) is 99.9 cm³/mol. The van der Waals surface area contributed by atoms with Gasteiger partial charge in [-0.3, -0.25) is 0 Å². The molecular formula is C17H24IN3O4. The van der Waals surface area contributed by atoms with E-state index >= 15 is 0 Å². The van der Waals surface area contributed by atoms with E-state index in [4.69, 9.17) is 9.47 Å². The molecule has 1 aromatic rings. The zero-order chi connectivity index (χ0) is 18.8. The molecule has 1 aliphatic heterocycles. The molecule has 0 radical (unpaired) electrons. The lowest BCUT2D eigenvalue weighted by molar-refractivity contribution is -0.103.